The Balaban J connectivity index is 1.29. The number of carbonyl (C=O) groups is 2. The van der Waals surface area contributed by atoms with Crippen LogP contribution < -0.4 is 15.0 Å². The molecule has 1 atom stereocenters. The highest BCUT2D eigenvalue weighted by molar-refractivity contribution is 6.01. The lowest BCUT2D eigenvalue weighted by Gasteiger charge is -2.26. The van der Waals surface area contributed by atoms with Gasteiger partial charge in [0.1, 0.15) is 5.75 Å². The monoisotopic (exact) mass is 435 g/mol. The maximum atomic E-state index is 12.8. The van der Waals surface area contributed by atoms with Crippen LogP contribution in [0.4, 0.5) is 5.69 Å². The number of piperidine rings is 1. The van der Waals surface area contributed by atoms with Gasteiger partial charge in [0.2, 0.25) is 11.8 Å². The van der Waals surface area contributed by atoms with E-state index in [0.717, 1.165) is 17.8 Å². The summed E-state index contributed by atoms with van der Waals surface area (Å²) < 4.78 is 5.66. The summed E-state index contributed by atoms with van der Waals surface area (Å²) in [7, 11) is 0. The van der Waals surface area contributed by atoms with E-state index in [0.29, 0.717) is 25.4 Å². The topological polar surface area (TPSA) is 61.9 Å². The van der Waals surface area contributed by atoms with Gasteiger partial charge in [-0.1, -0.05) is 42.8 Å². The van der Waals surface area contributed by atoms with Crippen LogP contribution in [0.15, 0.2) is 48.5 Å². The largest absolute Gasteiger partial charge is 0.492 e. The van der Waals surface area contributed by atoms with Gasteiger partial charge in [-0.15, -0.1) is 0 Å². The van der Waals surface area contributed by atoms with Crippen LogP contribution in [0.25, 0.3) is 0 Å². The molecule has 0 aromatic heterocycles. The number of para-hydroxylation sites is 2. The summed E-state index contributed by atoms with van der Waals surface area (Å²) in [6.45, 7) is 6.66. The van der Waals surface area contributed by atoms with E-state index >= 15 is 0 Å². The lowest BCUT2D eigenvalue weighted by molar-refractivity contribution is -0.126. The van der Waals surface area contributed by atoms with E-state index in [1.807, 2.05) is 31.2 Å². The quantitative estimate of drug-likeness (QED) is 0.686. The number of benzene rings is 2. The molecule has 2 saturated heterocycles. The predicted octanol–water partition coefficient (Wildman–Crippen LogP) is 3.74. The second kappa shape index (κ2) is 10.6. The van der Waals surface area contributed by atoms with E-state index in [4.69, 9.17) is 4.74 Å². The summed E-state index contributed by atoms with van der Waals surface area (Å²) in [5.41, 5.74) is 3.12. The molecule has 2 fully saturated rings. The third-order valence-corrected chi connectivity index (χ3v) is 6.30. The van der Waals surface area contributed by atoms with Gasteiger partial charge in [-0.3, -0.25) is 14.5 Å². The number of amides is 2. The van der Waals surface area contributed by atoms with Crippen LogP contribution in [0.5, 0.6) is 5.75 Å². The molecule has 2 aromatic carbocycles. The third-order valence-electron chi connectivity index (χ3n) is 6.30. The molecule has 6 nitrogen and oxygen atoms in total. The Morgan fingerprint density at radius 3 is 2.50 bits per heavy atom. The number of hydrogen-bond acceptors (Lipinski definition) is 4. The molecule has 0 radical (unpaired) electrons. The molecule has 170 valence electrons. The maximum Gasteiger partial charge on any atom is 0.227 e. The lowest BCUT2D eigenvalue weighted by atomic mass is 10.1. The van der Waals surface area contributed by atoms with Gasteiger partial charge in [0.25, 0.3) is 0 Å². The molecule has 2 aliphatic rings. The van der Waals surface area contributed by atoms with Gasteiger partial charge in [-0.05, 0) is 56.1 Å². The molecule has 0 aliphatic carbocycles. The summed E-state index contributed by atoms with van der Waals surface area (Å²) in [5, 5.41) is 3.01. The predicted molar refractivity (Wildman–Crippen MR) is 125 cm³/mol. The highest BCUT2D eigenvalue weighted by atomic mass is 16.5. The summed E-state index contributed by atoms with van der Waals surface area (Å²) in [4.78, 5) is 29.5. The smallest absolute Gasteiger partial charge is 0.227 e. The number of anilines is 1. The van der Waals surface area contributed by atoms with Crippen LogP contribution in [-0.2, 0) is 22.7 Å². The van der Waals surface area contributed by atoms with Crippen molar-refractivity contribution in [1.82, 2.24) is 10.2 Å². The van der Waals surface area contributed by atoms with Crippen molar-refractivity contribution in [3.05, 3.63) is 59.7 Å². The minimum absolute atomic E-state index is 0.0423. The van der Waals surface area contributed by atoms with Crippen LogP contribution in [0.3, 0.4) is 0 Å². The van der Waals surface area contributed by atoms with Gasteiger partial charge in [0.05, 0.1) is 18.2 Å². The van der Waals surface area contributed by atoms with Crippen molar-refractivity contribution in [2.24, 2.45) is 5.92 Å². The Morgan fingerprint density at radius 1 is 1.03 bits per heavy atom. The highest BCUT2D eigenvalue weighted by Gasteiger charge is 2.36. The van der Waals surface area contributed by atoms with Crippen LogP contribution in [0.2, 0.25) is 0 Å². The Morgan fingerprint density at radius 2 is 1.75 bits per heavy atom. The Hall–Kier alpha value is -2.86. The zero-order chi connectivity index (χ0) is 22.3. The second-order valence-electron chi connectivity index (χ2n) is 8.68. The van der Waals surface area contributed by atoms with Gasteiger partial charge < -0.3 is 15.0 Å². The van der Waals surface area contributed by atoms with E-state index in [9.17, 15) is 9.59 Å². The molecule has 2 amide bonds. The summed E-state index contributed by atoms with van der Waals surface area (Å²) >= 11 is 0. The standard InChI is InChI=1S/C26H33N3O3/c1-2-32-24-9-5-4-8-23(24)29-19-22(16-25(29)30)26(31)27-17-20-10-12-21(13-11-20)18-28-14-6-3-7-15-28/h4-5,8-13,22H,2-3,6-7,14-19H2,1H3,(H,27,31). The SMILES string of the molecule is CCOc1ccccc1N1CC(C(=O)NCc2ccc(CN3CCCCC3)cc2)CC1=O. The van der Waals surface area contributed by atoms with E-state index in [-0.39, 0.29) is 24.2 Å². The minimum atomic E-state index is -0.351. The van der Waals surface area contributed by atoms with Crippen molar-refractivity contribution in [1.29, 1.82) is 0 Å². The number of carbonyl (C=O) groups excluding carboxylic acids is 2. The van der Waals surface area contributed by atoms with Gasteiger partial charge >= 0.3 is 0 Å². The number of hydrogen-bond donors (Lipinski definition) is 1. The van der Waals surface area contributed by atoms with E-state index in [1.165, 1.54) is 37.9 Å². The fraction of sp³-hybridized carbons (Fsp3) is 0.462. The van der Waals surface area contributed by atoms with Crippen molar-refractivity contribution in [2.75, 3.05) is 31.1 Å². The summed E-state index contributed by atoms with van der Waals surface area (Å²) in [5.74, 6) is 0.205. The van der Waals surface area contributed by atoms with Crippen molar-refractivity contribution in [3.63, 3.8) is 0 Å². The fourth-order valence-electron chi connectivity index (χ4n) is 4.55. The van der Waals surface area contributed by atoms with Crippen LogP contribution in [0.1, 0.15) is 43.7 Å². The molecule has 0 bridgehead atoms. The Bertz CT molecular complexity index is 922. The first kappa shape index (κ1) is 22.3. The second-order valence-corrected chi connectivity index (χ2v) is 8.68. The number of nitrogens with one attached hydrogen (secondary N) is 1. The zero-order valence-corrected chi connectivity index (χ0v) is 18.9. The van der Waals surface area contributed by atoms with E-state index in [1.54, 1.807) is 4.90 Å². The first-order valence-corrected chi connectivity index (χ1v) is 11.7. The van der Waals surface area contributed by atoms with Gasteiger partial charge in [-0.25, -0.2) is 0 Å². The maximum absolute atomic E-state index is 12.8. The van der Waals surface area contributed by atoms with Crippen molar-refractivity contribution in [3.8, 4) is 5.75 Å². The number of ether oxygens (including phenoxy) is 1. The zero-order valence-electron chi connectivity index (χ0n) is 18.9. The molecule has 1 N–H and O–H groups in total. The van der Waals surface area contributed by atoms with Crippen LogP contribution >= 0.6 is 0 Å². The fourth-order valence-corrected chi connectivity index (χ4v) is 4.55. The molecule has 0 saturated carbocycles. The third kappa shape index (κ3) is 5.49. The van der Waals surface area contributed by atoms with Gasteiger partial charge in [0, 0.05) is 26.1 Å². The molecule has 32 heavy (non-hydrogen) atoms. The molecule has 0 spiro atoms. The average Bonchev–Trinajstić information content (AvgIpc) is 3.21. The molecule has 2 aromatic rings. The van der Waals surface area contributed by atoms with Gasteiger partial charge in [-0.2, -0.15) is 0 Å². The number of rotatable bonds is 8. The lowest BCUT2D eigenvalue weighted by Crippen LogP contribution is -2.32. The molecule has 4 rings (SSSR count). The molecular weight excluding hydrogens is 402 g/mol. The van der Waals surface area contributed by atoms with Crippen LogP contribution in [-0.4, -0.2) is 43.0 Å². The van der Waals surface area contributed by atoms with Crippen molar-refractivity contribution in [2.45, 2.75) is 45.7 Å². The normalized spacial score (nSPS) is 19.2. The summed E-state index contributed by atoms with van der Waals surface area (Å²) in [6.07, 6.45) is 4.16. The molecule has 2 heterocycles. The molecule has 1 unspecified atom stereocenters. The van der Waals surface area contributed by atoms with E-state index in [2.05, 4.69) is 34.5 Å². The average molecular weight is 436 g/mol. The van der Waals surface area contributed by atoms with E-state index < -0.39 is 0 Å². The molecular formula is C26H33N3O3. The van der Waals surface area contributed by atoms with Gasteiger partial charge in [0.15, 0.2) is 0 Å². The first-order valence-electron chi connectivity index (χ1n) is 11.7. The number of nitrogens with zero attached hydrogens (tertiary/aromatic N) is 2. The Labute approximate surface area is 190 Å². The highest BCUT2D eigenvalue weighted by Crippen LogP contribution is 2.33. The first-order chi connectivity index (χ1) is 15.6. The number of likely N-dealkylation sites (tertiary alicyclic amines) is 1. The van der Waals surface area contributed by atoms with Crippen molar-refractivity contribution >= 4 is 17.5 Å². The Kier molecular flexibility index (Phi) is 7.43. The van der Waals surface area contributed by atoms with Crippen molar-refractivity contribution < 1.29 is 14.3 Å². The summed E-state index contributed by atoms with van der Waals surface area (Å²) in [6, 6.07) is 16.0. The molecule has 6 heteroatoms. The molecule has 2 aliphatic heterocycles. The minimum Gasteiger partial charge on any atom is -0.492 e. The van der Waals surface area contributed by atoms with Crippen LogP contribution in [0, 0.1) is 5.92 Å².